The largest absolute Gasteiger partial charge is 0.472 e. The second-order valence-corrected chi connectivity index (χ2v) is 10.6. The highest BCUT2D eigenvalue weighted by Gasteiger charge is 2.25. The average Bonchev–Trinajstić information content (AvgIpc) is 2.65. The molecule has 180 valence electrons. The number of hydrogen-bond acceptors (Lipinski definition) is 5. The molecule has 0 rings (SSSR count). The number of aliphatic hydroxyl groups excluding tert-OH is 1. The van der Waals surface area contributed by atoms with Crippen molar-refractivity contribution < 1.29 is 28.1 Å². The lowest BCUT2D eigenvalue weighted by Crippen LogP contribution is -2.38. The summed E-state index contributed by atoms with van der Waals surface area (Å²) in [7, 11) is 1.72. The smallest absolute Gasteiger partial charge is 0.387 e. The first kappa shape index (κ1) is 29.7. The summed E-state index contributed by atoms with van der Waals surface area (Å²) in [5, 5.41) is 10.1. The topological polar surface area (TPSA) is 102 Å². The van der Waals surface area contributed by atoms with Crippen LogP contribution in [0, 0.1) is 0 Å². The first-order valence-corrected chi connectivity index (χ1v) is 13.1. The number of likely N-dealkylation sites (N-methyl/N-ethyl adjacent to an activating group) is 1. The molecule has 0 radical (unpaired) electrons. The summed E-state index contributed by atoms with van der Waals surface area (Å²) in [6.45, 7) is 2.67. The molecule has 7 nitrogen and oxygen atoms in total. The Kier molecular flexibility index (Phi) is 17.1. The Morgan fingerprint density at radius 3 is 2.03 bits per heavy atom. The van der Waals surface area contributed by atoms with Gasteiger partial charge in [0, 0.05) is 0 Å². The van der Waals surface area contributed by atoms with E-state index in [0.29, 0.717) is 11.0 Å². The summed E-state index contributed by atoms with van der Waals surface area (Å²) >= 11 is 0. The third kappa shape index (κ3) is 19.7. The number of phosphoric ester groups is 1. The molecule has 3 atom stereocenters. The minimum absolute atomic E-state index is 0.105. The molecule has 8 heteroatoms. The SMILES string of the molecule is CCCCCCCCCCCCC=C[C@@H](O)[C@@H](N)COP(=O)(O)OCC[N+](C)(C)C. The van der Waals surface area contributed by atoms with Crippen molar-refractivity contribution in [2.24, 2.45) is 5.73 Å². The highest BCUT2D eigenvalue weighted by Crippen LogP contribution is 2.43. The summed E-state index contributed by atoms with van der Waals surface area (Å²) in [5.74, 6) is 0. The lowest BCUT2D eigenvalue weighted by atomic mass is 10.1. The van der Waals surface area contributed by atoms with Crippen LogP contribution < -0.4 is 5.73 Å². The second kappa shape index (κ2) is 17.3. The van der Waals surface area contributed by atoms with Crippen LogP contribution in [-0.2, 0) is 13.6 Å². The Labute approximate surface area is 184 Å². The molecule has 1 unspecified atom stereocenters. The molecule has 0 amide bonds. The average molecular weight is 452 g/mol. The minimum Gasteiger partial charge on any atom is -0.387 e. The molecule has 4 N–H and O–H groups in total. The van der Waals surface area contributed by atoms with Gasteiger partial charge in [0.1, 0.15) is 13.2 Å². The van der Waals surface area contributed by atoms with Gasteiger partial charge in [-0.3, -0.25) is 9.05 Å². The zero-order chi connectivity index (χ0) is 22.9. The van der Waals surface area contributed by atoms with Crippen LogP contribution in [0.2, 0.25) is 0 Å². The highest BCUT2D eigenvalue weighted by molar-refractivity contribution is 7.47. The number of unbranched alkanes of at least 4 members (excludes halogenated alkanes) is 10. The van der Waals surface area contributed by atoms with Crippen LogP contribution >= 0.6 is 7.82 Å². The number of nitrogens with zero attached hydrogens (tertiary/aromatic N) is 1. The molecule has 0 aliphatic heterocycles. The van der Waals surface area contributed by atoms with E-state index >= 15 is 0 Å². The van der Waals surface area contributed by atoms with Crippen LogP contribution in [0.1, 0.15) is 77.6 Å². The van der Waals surface area contributed by atoms with Crippen molar-refractivity contribution in [1.29, 1.82) is 0 Å². The van der Waals surface area contributed by atoms with E-state index in [1.807, 2.05) is 27.2 Å². The summed E-state index contributed by atoms with van der Waals surface area (Å²) in [6.07, 6.45) is 16.5. The number of allylic oxidation sites excluding steroid dienone is 1. The standard InChI is InChI=1S/C22H47N2O5P/c1-5-6-7-8-9-10-11-12-13-14-15-16-17-22(25)21(23)20-29-30(26,27)28-19-18-24(2,3)4/h16-17,21-22,25H,5-15,18-20,23H2,1-4H3/p+1/t21-,22+/m0/s1. The highest BCUT2D eigenvalue weighted by atomic mass is 31.2. The molecule has 0 aliphatic rings. The van der Waals surface area contributed by atoms with Crippen LogP contribution in [0.15, 0.2) is 12.2 Å². The van der Waals surface area contributed by atoms with Gasteiger partial charge in [-0.05, 0) is 12.8 Å². The Morgan fingerprint density at radius 1 is 0.967 bits per heavy atom. The van der Waals surface area contributed by atoms with E-state index in [0.717, 1.165) is 12.8 Å². The van der Waals surface area contributed by atoms with Crippen molar-refractivity contribution in [2.75, 3.05) is 40.9 Å². The Balaban J connectivity index is 3.77. The second-order valence-electron chi connectivity index (χ2n) is 9.16. The summed E-state index contributed by atoms with van der Waals surface area (Å²) in [6, 6.07) is -0.781. The van der Waals surface area contributed by atoms with Crippen molar-refractivity contribution in [1.82, 2.24) is 0 Å². The normalized spacial score (nSPS) is 16.6. The molecular weight excluding hydrogens is 403 g/mol. The quantitative estimate of drug-likeness (QED) is 0.110. The predicted octanol–water partition coefficient (Wildman–Crippen LogP) is 4.38. The van der Waals surface area contributed by atoms with Gasteiger partial charge >= 0.3 is 7.82 Å². The van der Waals surface area contributed by atoms with Crippen LogP contribution in [0.3, 0.4) is 0 Å². The maximum Gasteiger partial charge on any atom is 0.472 e. The summed E-state index contributed by atoms with van der Waals surface area (Å²) in [5.41, 5.74) is 5.84. The van der Waals surface area contributed by atoms with Crippen LogP contribution in [0.5, 0.6) is 0 Å². The van der Waals surface area contributed by atoms with Crippen molar-refractivity contribution in [3.05, 3.63) is 12.2 Å². The van der Waals surface area contributed by atoms with E-state index in [1.165, 1.54) is 57.8 Å². The molecule has 30 heavy (non-hydrogen) atoms. The van der Waals surface area contributed by atoms with Crippen molar-refractivity contribution in [3.63, 3.8) is 0 Å². The zero-order valence-electron chi connectivity index (χ0n) is 19.8. The molecule has 0 fully saturated rings. The minimum atomic E-state index is -4.16. The third-order valence-corrected chi connectivity index (χ3v) is 5.93. The van der Waals surface area contributed by atoms with Gasteiger partial charge in [-0.1, -0.05) is 76.9 Å². The Bertz CT molecular complexity index is 483. The number of aliphatic hydroxyl groups is 1. The summed E-state index contributed by atoms with van der Waals surface area (Å²) < 4.78 is 22.3. The van der Waals surface area contributed by atoms with Crippen molar-refractivity contribution in [2.45, 2.75) is 89.7 Å². The van der Waals surface area contributed by atoms with Crippen LogP contribution in [-0.4, -0.2) is 67.5 Å². The predicted molar refractivity (Wildman–Crippen MR) is 124 cm³/mol. The lowest BCUT2D eigenvalue weighted by Gasteiger charge is -2.24. The first-order chi connectivity index (χ1) is 14.1. The van der Waals surface area contributed by atoms with Crippen molar-refractivity contribution in [3.8, 4) is 0 Å². The fraction of sp³-hybridized carbons (Fsp3) is 0.909. The molecule has 0 saturated carbocycles. The van der Waals surface area contributed by atoms with E-state index in [-0.39, 0.29) is 13.2 Å². The number of quaternary nitrogens is 1. The van der Waals surface area contributed by atoms with Gasteiger partial charge in [0.15, 0.2) is 0 Å². The Hall–Kier alpha value is -0.270. The number of hydrogen-bond donors (Lipinski definition) is 3. The molecule has 0 aromatic rings. The van der Waals surface area contributed by atoms with E-state index in [9.17, 15) is 14.6 Å². The molecule has 0 spiro atoms. The lowest BCUT2D eigenvalue weighted by molar-refractivity contribution is -0.870. The Morgan fingerprint density at radius 2 is 1.50 bits per heavy atom. The maximum atomic E-state index is 11.8. The summed E-state index contributed by atoms with van der Waals surface area (Å²) in [4.78, 5) is 9.68. The van der Waals surface area contributed by atoms with Gasteiger partial charge < -0.3 is 20.2 Å². The first-order valence-electron chi connectivity index (χ1n) is 11.6. The zero-order valence-corrected chi connectivity index (χ0v) is 20.7. The van der Waals surface area contributed by atoms with Gasteiger partial charge in [-0.2, -0.15) is 0 Å². The van der Waals surface area contributed by atoms with Crippen LogP contribution in [0.25, 0.3) is 0 Å². The fourth-order valence-corrected chi connectivity index (χ4v) is 3.62. The molecular formula is C22H48N2O5P+. The van der Waals surface area contributed by atoms with Gasteiger partial charge in [0.25, 0.3) is 0 Å². The van der Waals surface area contributed by atoms with Crippen molar-refractivity contribution >= 4 is 7.82 Å². The fourth-order valence-electron chi connectivity index (χ4n) is 2.87. The van der Waals surface area contributed by atoms with Gasteiger partial charge in [0.05, 0.1) is 39.9 Å². The monoisotopic (exact) mass is 451 g/mol. The molecule has 0 aromatic carbocycles. The third-order valence-electron chi connectivity index (χ3n) is 4.94. The van der Waals surface area contributed by atoms with Crippen LogP contribution in [0.4, 0.5) is 0 Å². The van der Waals surface area contributed by atoms with Gasteiger partial charge in [0.2, 0.25) is 0 Å². The van der Waals surface area contributed by atoms with E-state index in [1.54, 1.807) is 6.08 Å². The molecule has 0 bridgehead atoms. The number of phosphoric acid groups is 1. The maximum absolute atomic E-state index is 11.8. The molecule has 0 aliphatic carbocycles. The van der Waals surface area contributed by atoms with E-state index < -0.39 is 20.0 Å². The molecule has 0 saturated heterocycles. The van der Waals surface area contributed by atoms with E-state index in [4.69, 9.17) is 14.8 Å². The molecule has 0 heterocycles. The number of nitrogens with two attached hydrogens (primary N) is 1. The van der Waals surface area contributed by atoms with E-state index in [2.05, 4.69) is 6.92 Å². The molecule has 0 aromatic heterocycles. The number of rotatable bonds is 20. The van der Waals surface area contributed by atoms with Gasteiger partial charge in [-0.15, -0.1) is 0 Å². The van der Waals surface area contributed by atoms with Gasteiger partial charge in [-0.25, -0.2) is 4.57 Å².